The lowest BCUT2D eigenvalue weighted by atomic mass is 9.86. The van der Waals surface area contributed by atoms with Crippen LogP contribution in [0.25, 0.3) is 0 Å². The van der Waals surface area contributed by atoms with Crippen molar-refractivity contribution in [1.82, 2.24) is 0 Å². The molecular weight excluding hydrogens is 222 g/mol. The van der Waals surface area contributed by atoms with Crippen LogP contribution in [0.4, 0.5) is 5.69 Å². The van der Waals surface area contributed by atoms with E-state index in [-0.39, 0.29) is 12.0 Å². The van der Waals surface area contributed by atoms with Gasteiger partial charge in [-0.15, -0.1) is 0 Å². The Morgan fingerprint density at radius 3 is 2.81 bits per heavy atom. The molecule has 1 heterocycles. The SMILES string of the molecule is CC1OSc2ccccc2NC(=O)C1(C)C. The molecule has 0 spiro atoms. The summed E-state index contributed by atoms with van der Waals surface area (Å²) in [4.78, 5) is 13.0. The fraction of sp³-hybridized carbons (Fsp3) is 0.417. The molecule has 0 fully saturated rings. The van der Waals surface area contributed by atoms with Gasteiger partial charge in [-0.3, -0.25) is 4.79 Å². The summed E-state index contributed by atoms with van der Waals surface area (Å²) in [7, 11) is 0. The van der Waals surface area contributed by atoms with Gasteiger partial charge in [-0.1, -0.05) is 12.1 Å². The van der Waals surface area contributed by atoms with Crippen LogP contribution < -0.4 is 5.32 Å². The summed E-state index contributed by atoms with van der Waals surface area (Å²) in [5, 5.41) is 2.94. The first kappa shape index (κ1) is 11.5. The lowest BCUT2D eigenvalue weighted by Crippen LogP contribution is -2.41. The number of fused-ring (bicyclic) bond motifs is 1. The van der Waals surface area contributed by atoms with Crippen molar-refractivity contribution in [1.29, 1.82) is 0 Å². The maximum absolute atomic E-state index is 12.1. The number of nitrogens with one attached hydrogen (secondary N) is 1. The highest BCUT2D eigenvalue weighted by molar-refractivity contribution is 7.94. The zero-order valence-corrected chi connectivity index (χ0v) is 10.4. The molecule has 86 valence electrons. The van der Waals surface area contributed by atoms with E-state index in [9.17, 15) is 4.79 Å². The number of anilines is 1. The first-order valence-electron chi connectivity index (χ1n) is 5.25. The van der Waals surface area contributed by atoms with Gasteiger partial charge in [-0.2, -0.15) is 0 Å². The van der Waals surface area contributed by atoms with E-state index in [2.05, 4.69) is 5.32 Å². The number of hydrogen-bond acceptors (Lipinski definition) is 3. The predicted octanol–water partition coefficient (Wildman–Crippen LogP) is 3.08. The number of para-hydroxylation sites is 1. The van der Waals surface area contributed by atoms with Crippen molar-refractivity contribution in [2.45, 2.75) is 31.8 Å². The van der Waals surface area contributed by atoms with Crippen molar-refractivity contribution in [3.63, 3.8) is 0 Å². The minimum absolute atomic E-state index is 0.00671. The molecule has 4 heteroatoms. The van der Waals surface area contributed by atoms with Crippen molar-refractivity contribution in [3.8, 4) is 0 Å². The topological polar surface area (TPSA) is 38.3 Å². The molecule has 0 aromatic heterocycles. The number of hydrogen-bond donors (Lipinski definition) is 1. The van der Waals surface area contributed by atoms with Gasteiger partial charge in [0.2, 0.25) is 5.91 Å². The molecule has 2 rings (SSSR count). The molecule has 1 aliphatic heterocycles. The summed E-state index contributed by atoms with van der Waals surface area (Å²) >= 11 is 1.32. The van der Waals surface area contributed by atoms with E-state index in [1.165, 1.54) is 12.0 Å². The third kappa shape index (κ3) is 1.95. The normalized spacial score (nSPS) is 23.9. The lowest BCUT2D eigenvalue weighted by molar-refractivity contribution is -0.127. The summed E-state index contributed by atoms with van der Waals surface area (Å²) in [5.41, 5.74) is 0.290. The summed E-state index contributed by atoms with van der Waals surface area (Å²) in [6, 6.07) is 7.65. The minimum Gasteiger partial charge on any atom is -0.324 e. The molecule has 1 atom stereocenters. The van der Waals surface area contributed by atoms with E-state index in [1.807, 2.05) is 45.0 Å². The fourth-order valence-electron chi connectivity index (χ4n) is 1.35. The Labute approximate surface area is 99.8 Å². The Morgan fingerprint density at radius 1 is 1.38 bits per heavy atom. The first-order chi connectivity index (χ1) is 7.51. The largest absolute Gasteiger partial charge is 0.324 e. The molecule has 1 unspecified atom stereocenters. The smallest absolute Gasteiger partial charge is 0.232 e. The fourth-order valence-corrected chi connectivity index (χ4v) is 2.19. The second-order valence-electron chi connectivity index (χ2n) is 4.49. The summed E-state index contributed by atoms with van der Waals surface area (Å²) in [5.74, 6) is -0.00671. The standard InChI is InChI=1S/C12H15NO2S/c1-8-12(2,3)11(14)13-9-6-4-5-7-10(9)16-15-8/h4-8H,1-3H3,(H,13,14). The second-order valence-corrected chi connectivity index (χ2v) is 5.29. The predicted molar refractivity (Wildman–Crippen MR) is 65.3 cm³/mol. The average Bonchev–Trinajstić information content (AvgIpc) is 2.26. The third-order valence-corrected chi connectivity index (χ3v) is 3.94. The van der Waals surface area contributed by atoms with E-state index in [0.717, 1.165) is 10.6 Å². The van der Waals surface area contributed by atoms with Crippen LogP contribution in [0.15, 0.2) is 29.2 Å². The van der Waals surface area contributed by atoms with Gasteiger partial charge in [0, 0.05) is 12.0 Å². The second kappa shape index (κ2) is 4.11. The Hall–Kier alpha value is -1.00. The van der Waals surface area contributed by atoms with Crippen LogP contribution in [0, 0.1) is 5.41 Å². The number of carbonyl (C=O) groups excluding carboxylic acids is 1. The zero-order valence-electron chi connectivity index (χ0n) is 9.61. The maximum Gasteiger partial charge on any atom is 0.232 e. The van der Waals surface area contributed by atoms with Gasteiger partial charge in [0.15, 0.2) is 0 Å². The van der Waals surface area contributed by atoms with Crippen LogP contribution in [0.5, 0.6) is 0 Å². The lowest BCUT2D eigenvalue weighted by Gasteiger charge is -2.32. The van der Waals surface area contributed by atoms with Gasteiger partial charge in [0.1, 0.15) is 0 Å². The molecule has 3 nitrogen and oxygen atoms in total. The third-order valence-electron chi connectivity index (χ3n) is 3.02. The summed E-state index contributed by atoms with van der Waals surface area (Å²) in [6.07, 6.45) is -0.133. The highest BCUT2D eigenvalue weighted by atomic mass is 32.2. The molecular formula is C12H15NO2S. The van der Waals surface area contributed by atoms with Gasteiger partial charge in [0.25, 0.3) is 0 Å². The van der Waals surface area contributed by atoms with Gasteiger partial charge >= 0.3 is 0 Å². The average molecular weight is 237 g/mol. The van der Waals surface area contributed by atoms with Crippen molar-refractivity contribution >= 4 is 23.6 Å². The maximum atomic E-state index is 12.1. The van der Waals surface area contributed by atoms with Crippen molar-refractivity contribution in [3.05, 3.63) is 24.3 Å². The molecule has 1 N–H and O–H groups in total. The highest BCUT2D eigenvalue weighted by Gasteiger charge is 2.37. The number of benzene rings is 1. The highest BCUT2D eigenvalue weighted by Crippen LogP contribution is 2.37. The molecule has 0 bridgehead atoms. The quantitative estimate of drug-likeness (QED) is 0.705. The van der Waals surface area contributed by atoms with E-state index in [1.54, 1.807) is 0 Å². The molecule has 0 aliphatic carbocycles. The number of rotatable bonds is 0. The minimum atomic E-state index is -0.527. The van der Waals surface area contributed by atoms with E-state index in [4.69, 9.17) is 4.18 Å². The molecule has 16 heavy (non-hydrogen) atoms. The van der Waals surface area contributed by atoms with Crippen LogP contribution in [-0.4, -0.2) is 12.0 Å². The van der Waals surface area contributed by atoms with Gasteiger partial charge in [0.05, 0.1) is 22.1 Å². The van der Waals surface area contributed by atoms with Gasteiger partial charge in [-0.25, -0.2) is 0 Å². The van der Waals surface area contributed by atoms with Crippen molar-refractivity contribution < 1.29 is 8.98 Å². The van der Waals surface area contributed by atoms with Crippen LogP contribution >= 0.6 is 12.0 Å². The molecule has 1 aliphatic rings. The van der Waals surface area contributed by atoms with Crippen LogP contribution in [0.3, 0.4) is 0 Å². The summed E-state index contributed by atoms with van der Waals surface area (Å²) < 4.78 is 5.65. The zero-order chi connectivity index (χ0) is 11.8. The molecule has 1 aromatic carbocycles. The van der Waals surface area contributed by atoms with Crippen LogP contribution in [-0.2, 0) is 8.98 Å². The van der Waals surface area contributed by atoms with E-state index < -0.39 is 5.41 Å². The summed E-state index contributed by atoms with van der Waals surface area (Å²) in [6.45, 7) is 5.70. The molecule has 1 amide bonds. The van der Waals surface area contributed by atoms with Crippen molar-refractivity contribution in [2.75, 3.05) is 5.32 Å². The Bertz CT molecular complexity index is 417. The molecule has 0 radical (unpaired) electrons. The van der Waals surface area contributed by atoms with Gasteiger partial charge < -0.3 is 9.50 Å². The Morgan fingerprint density at radius 2 is 2.06 bits per heavy atom. The monoisotopic (exact) mass is 237 g/mol. The Balaban J connectivity index is 2.37. The molecule has 1 aromatic rings. The van der Waals surface area contributed by atoms with Crippen molar-refractivity contribution in [2.24, 2.45) is 5.41 Å². The molecule has 0 saturated carbocycles. The molecule has 0 saturated heterocycles. The number of amides is 1. The van der Waals surface area contributed by atoms with Gasteiger partial charge in [-0.05, 0) is 32.9 Å². The van der Waals surface area contributed by atoms with Crippen LogP contribution in [0.1, 0.15) is 20.8 Å². The van der Waals surface area contributed by atoms with E-state index >= 15 is 0 Å². The number of carbonyl (C=O) groups is 1. The van der Waals surface area contributed by atoms with Crippen LogP contribution in [0.2, 0.25) is 0 Å². The first-order valence-corrected chi connectivity index (χ1v) is 6.00. The van der Waals surface area contributed by atoms with E-state index in [0.29, 0.717) is 0 Å². The Kier molecular flexibility index (Phi) is 2.95.